The van der Waals surface area contributed by atoms with Gasteiger partial charge >= 0.3 is 0 Å². The van der Waals surface area contributed by atoms with Crippen LogP contribution < -0.4 is 5.56 Å². The number of likely N-dealkylation sites (tertiary alicyclic amines) is 1. The zero-order valence-electron chi connectivity index (χ0n) is 14.2. The summed E-state index contributed by atoms with van der Waals surface area (Å²) in [5.41, 5.74) is 0.758. The van der Waals surface area contributed by atoms with Gasteiger partial charge in [-0.2, -0.15) is 0 Å². The first-order valence-corrected chi connectivity index (χ1v) is 10.3. The van der Waals surface area contributed by atoms with Gasteiger partial charge in [0, 0.05) is 19.6 Å². The molecule has 2 aromatic heterocycles. The molecule has 0 aromatic carbocycles. The molecule has 24 heavy (non-hydrogen) atoms. The van der Waals surface area contributed by atoms with E-state index in [2.05, 4.69) is 18.8 Å². The van der Waals surface area contributed by atoms with E-state index in [0.717, 1.165) is 37.9 Å². The highest BCUT2D eigenvalue weighted by Crippen LogP contribution is 2.22. The summed E-state index contributed by atoms with van der Waals surface area (Å²) in [5, 5.41) is 2.56. The Morgan fingerprint density at radius 1 is 1.38 bits per heavy atom. The van der Waals surface area contributed by atoms with Crippen LogP contribution in [0.1, 0.15) is 33.1 Å². The van der Waals surface area contributed by atoms with Gasteiger partial charge < -0.3 is 4.90 Å². The second-order valence-electron chi connectivity index (χ2n) is 6.55. The van der Waals surface area contributed by atoms with Crippen LogP contribution in [-0.4, -0.2) is 39.2 Å². The van der Waals surface area contributed by atoms with Gasteiger partial charge in [-0.1, -0.05) is 25.6 Å². The smallest absolute Gasteiger partial charge is 0.272 e. The fourth-order valence-electron chi connectivity index (χ4n) is 2.80. The van der Waals surface area contributed by atoms with Crippen LogP contribution in [0.5, 0.6) is 0 Å². The molecule has 0 unspecified atom stereocenters. The van der Waals surface area contributed by atoms with Crippen molar-refractivity contribution in [1.82, 2.24) is 14.5 Å². The van der Waals surface area contributed by atoms with E-state index in [9.17, 15) is 9.59 Å². The van der Waals surface area contributed by atoms with E-state index >= 15 is 0 Å². The van der Waals surface area contributed by atoms with Crippen molar-refractivity contribution in [2.75, 3.05) is 18.8 Å². The van der Waals surface area contributed by atoms with Gasteiger partial charge in [0.1, 0.15) is 4.70 Å². The van der Waals surface area contributed by atoms with Crippen LogP contribution in [0, 0.1) is 5.92 Å². The standard InChI is InChI=1S/C17H23N3O2S2/c1-12(2)5-9-20-16(22)15-13(6-10-23-15)18-17(20)24-11-14(21)19-7-3-4-8-19/h6,10,12H,3-5,7-9,11H2,1-2H3. The van der Waals surface area contributed by atoms with Gasteiger partial charge in [0.05, 0.1) is 11.3 Å². The van der Waals surface area contributed by atoms with E-state index in [-0.39, 0.29) is 11.5 Å². The predicted octanol–water partition coefficient (Wildman–Crippen LogP) is 3.22. The number of nitrogens with zero attached hydrogens (tertiary/aromatic N) is 3. The Hall–Kier alpha value is -1.34. The number of fused-ring (bicyclic) bond motifs is 1. The Bertz CT molecular complexity index is 776. The van der Waals surface area contributed by atoms with Gasteiger partial charge in [-0.15, -0.1) is 11.3 Å². The maximum Gasteiger partial charge on any atom is 0.272 e. The lowest BCUT2D eigenvalue weighted by atomic mass is 10.1. The van der Waals surface area contributed by atoms with Crippen molar-refractivity contribution in [1.29, 1.82) is 0 Å². The molecule has 0 saturated carbocycles. The molecule has 1 fully saturated rings. The number of hydrogen-bond donors (Lipinski definition) is 0. The molecule has 0 N–H and O–H groups in total. The first kappa shape index (κ1) is 17.5. The highest BCUT2D eigenvalue weighted by atomic mass is 32.2. The summed E-state index contributed by atoms with van der Waals surface area (Å²) < 4.78 is 2.45. The van der Waals surface area contributed by atoms with Crippen molar-refractivity contribution >= 4 is 39.2 Å². The minimum Gasteiger partial charge on any atom is -0.342 e. The Kier molecular flexibility index (Phi) is 5.61. The largest absolute Gasteiger partial charge is 0.342 e. The van der Waals surface area contributed by atoms with Crippen LogP contribution in [0.15, 0.2) is 21.4 Å². The maximum absolute atomic E-state index is 12.7. The van der Waals surface area contributed by atoms with Crippen LogP contribution in [-0.2, 0) is 11.3 Å². The van der Waals surface area contributed by atoms with Gasteiger partial charge in [-0.3, -0.25) is 14.2 Å². The van der Waals surface area contributed by atoms with Crippen LogP contribution in [0.25, 0.3) is 10.2 Å². The minimum atomic E-state index is 0.0202. The first-order valence-electron chi connectivity index (χ1n) is 8.45. The van der Waals surface area contributed by atoms with Gasteiger partial charge in [-0.25, -0.2) is 4.98 Å². The van der Waals surface area contributed by atoms with Crippen LogP contribution in [0.3, 0.4) is 0 Å². The van der Waals surface area contributed by atoms with Gasteiger partial charge in [0.25, 0.3) is 5.56 Å². The van der Waals surface area contributed by atoms with E-state index in [4.69, 9.17) is 0 Å². The summed E-state index contributed by atoms with van der Waals surface area (Å²) in [6.45, 7) is 6.66. The van der Waals surface area contributed by atoms with E-state index in [0.29, 0.717) is 28.1 Å². The van der Waals surface area contributed by atoms with E-state index in [1.807, 2.05) is 16.3 Å². The molecule has 0 radical (unpaired) electrons. The second-order valence-corrected chi connectivity index (χ2v) is 8.40. The Morgan fingerprint density at radius 3 is 2.83 bits per heavy atom. The number of amides is 1. The lowest BCUT2D eigenvalue weighted by Gasteiger charge is -2.16. The third kappa shape index (κ3) is 3.83. The van der Waals surface area contributed by atoms with Crippen LogP contribution >= 0.6 is 23.1 Å². The highest BCUT2D eigenvalue weighted by Gasteiger charge is 2.20. The fourth-order valence-corrected chi connectivity index (χ4v) is 4.51. The molecule has 0 aliphatic carbocycles. The number of carbonyl (C=O) groups excluding carboxylic acids is 1. The Balaban J connectivity index is 1.82. The number of thioether (sulfide) groups is 1. The van der Waals surface area contributed by atoms with Crippen molar-refractivity contribution in [3.63, 3.8) is 0 Å². The second kappa shape index (κ2) is 7.70. The molecule has 0 spiro atoms. The molecule has 3 heterocycles. The monoisotopic (exact) mass is 365 g/mol. The third-order valence-corrected chi connectivity index (χ3v) is 6.10. The summed E-state index contributed by atoms with van der Waals surface area (Å²) in [7, 11) is 0. The molecule has 1 amide bonds. The number of aromatic nitrogens is 2. The topological polar surface area (TPSA) is 55.2 Å². The Morgan fingerprint density at radius 2 is 2.12 bits per heavy atom. The minimum absolute atomic E-state index is 0.0202. The molecule has 0 bridgehead atoms. The van der Waals surface area contributed by atoms with E-state index in [1.54, 1.807) is 4.57 Å². The van der Waals surface area contributed by atoms with Crippen molar-refractivity contribution < 1.29 is 4.79 Å². The Labute approximate surface area is 150 Å². The SMILES string of the molecule is CC(C)CCn1c(SCC(=O)N2CCCC2)nc2ccsc2c1=O. The lowest BCUT2D eigenvalue weighted by Crippen LogP contribution is -2.30. The molecule has 3 rings (SSSR count). The van der Waals surface area contributed by atoms with Gasteiger partial charge in [0.15, 0.2) is 5.16 Å². The molecular formula is C17H23N3O2S2. The van der Waals surface area contributed by atoms with Crippen LogP contribution in [0.4, 0.5) is 0 Å². The van der Waals surface area contributed by atoms with Crippen molar-refractivity contribution in [2.45, 2.75) is 44.8 Å². The summed E-state index contributed by atoms with van der Waals surface area (Å²) in [6.07, 6.45) is 3.11. The molecule has 2 aromatic rings. The lowest BCUT2D eigenvalue weighted by molar-refractivity contribution is -0.127. The van der Waals surface area contributed by atoms with E-state index < -0.39 is 0 Å². The maximum atomic E-state index is 12.7. The first-order chi connectivity index (χ1) is 11.6. The summed E-state index contributed by atoms with van der Waals surface area (Å²) in [5.74, 6) is 1.01. The van der Waals surface area contributed by atoms with Crippen molar-refractivity contribution in [3.8, 4) is 0 Å². The normalized spacial score (nSPS) is 14.9. The zero-order valence-corrected chi connectivity index (χ0v) is 15.8. The third-order valence-electron chi connectivity index (χ3n) is 4.24. The quantitative estimate of drug-likeness (QED) is 0.583. The summed E-state index contributed by atoms with van der Waals surface area (Å²) in [4.78, 5) is 31.6. The molecule has 130 valence electrons. The van der Waals surface area contributed by atoms with Crippen LogP contribution in [0.2, 0.25) is 0 Å². The highest BCUT2D eigenvalue weighted by molar-refractivity contribution is 7.99. The average Bonchev–Trinajstić information content (AvgIpc) is 3.22. The van der Waals surface area contributed by atoms with Crippen molar-refractivity contribution in [3.05, 3.63) is 21.8 Å². The number of thiophene rings is 1. The van der Waals surface area contributed by atoms with Crippen molar-refractivity contribution in [2.24, 2.45) is 5.92 Å². The molecule has 1 saturated heterocycles. The van der Waals surface area contributed by atoms with Gasteiger partial charge in [0.2, 0.25) is 5.91 Å². The van der Waals surface area contributed by atoms with E-state index in [1.165, 1.54) is 23.1 Å². The molecular weight excluding hydrogens is 342 g/mol. The predicted molar refractivity (Wildman–Crippen MR) is 99.9 cm³/mol. The average molecular weight is 366 g/mol. The summed E-state index contributed by atoms with van der Waals surface area (Å²) in [6, 6.07) is 1.88. The molecule has 7 heteroatoms. The molecule has 0 atom stereocenters. The number of rotatable bonds is 6. The molecule has 1 aliphatic rings. The summed E-state index contributed by atoms with van der Waals surface area (Å²) >= 11 is 2.83. The van der Waals surface area contributed by atoms with Gasteiger partial charge in [-0.05, 0) is 36.6 Å². The number of carbonyl (C=O) groups is 1. The number of hydrogen-bond acceptors (Lipinski definition) is 5. The molecule has 1 aliphatic heterocycles. The fraction of sp³-hybridized carbons (Fsp3) is 0.588. The molecule has 5 nitrogen and oxygen atoms in total. The zero-order chi connectivity index (χ0) is 17.1.